The number of benzene rings is 1. The van der Waals surface area contributed by atoms with Gasteiger partial charge in [0.2, 0.25) is 0 Å². The molecule has 0 spiro atoms. The van der Waals surface area contributed by atoms with Gasteiger partial charge in [-0.05, 0) is 37.1 Å². The zero-order valence-electron chi connectivity index (χ0n) is 11.5. The van der Waals surface area contributed by atoms with E-state index in [4.69, 9.17) is 10.5 Å². The van der Waals surface area contributed by atoms with Crippen molar-refractivity contribution in [1.29, 1.82) is 0 Å². The van der Waals surface area contributed by atoms with Crippen molar-refractivity contribution in [1.82, 2.24) is 4.90 Å². The Morgan fingerprint density at radius 3 is 2.84 bits per heavy atom. The lowest BCUT2D eigenvalue weighted by Gasteiger charge is -2.35. The van der Waals surface area contributed by atoms with Crippen molar-refractivity contribution >= 4 is 0 Å². The van der Waals surface area contributed by atoms with Gasteiger partial charge in [-0.2, -0.15) is 0 Å². The third-order valence-corrected chi connectivity index (χ3v) is 3.58. The average molecular weight is 266 g/mol. The van der Waals surface area contributed by atoms with Crippen LogP contribution in [-0.4, -0.2) is 43.3 Å². The predicted octanol–water partition coefficient (Wildman–Crippen LogP) is 1.81. The van der Waals surface area contributed by atoms with Crippen molar-refractivity contribution < 1.29 is 9.13 Å². The first-order valence-corrected chi connectivity index (χ1v) is 7.03. The summed E-state index contributed by atoms with van der Waals surface area (Å²) in [4.78, 5) is 2.40. The van der Waals surface area contributed by atoms with Crippen molar-refractivity contribution in [2.75, 3.05) is 26.2 Å². The molecule has 0 radical (unpaired) electrons. The molecule has 3 nitrogen and oxygen atoms in total. The smallest absolute Gasteiger partial charge is 0.123 e. The van der Waals surface area contributed by atoms with Crippen molar-refractivity contribution in [2.45, 2.75) is 31.9 Å². The summed E-state index contributed by atoms with van der Waals surface area (Å²) in [6, 6.07) is 6.51. The lowest BCUT2D eigenvalue weighted by molar-refractivity contribution is -0.0400. The summed E-state index contributed by atoms with van der Waals surface area (Å²) in [5.41, 5.74) is 7.29. The molecular formula is C15H23FN2O. The van der Waals surface area contributed by atoms with Gasteiger partial charge in [0, 0.05) is 19.1 Å². The third-order valence-electron chi connectivity index (χ3n) is 3.58. The Bertz CT molecular complexity index is 380. The third kappa shape index (κ3) is 4.27. The first-order valence-electron chi connectivity index (χ1n) is 7.03. The Morgan fingerprint density at radius 2 is 2.16 bits per heavy atom. The van der Waals surface area contributed by atoms with E-state index in [0.717, 1.165) is 44.6 Å². The highest BCUT2D eigenvalue weighted by Gasteiger charge is 2.25. The SMILES string of the molecule is CCCN1CCOC(C(N)Cc2ccc(F)cc2)C1. The zero-order chi connectivity index (χ0) is 13.7. The molecule has 4 heteroatoms. The van der Waals surface area contributed by atoms with Gasteiger partial charge in [0.15, 0.2) is 0 Å². The summed E-state index contributed by atoms with van der Waals surface area (Å²) in [7, 11) is 0. The van der Waals surface area contributed by atoms with Crippen LogP contribution in [0.4, 0.5) is 4.39 Å². The number of hydrogen-bond donors (Lipinski definition) is 1. The molecule has 2 atom stereocenters. The van der Waals surface area contributed by atoms with Crippen LogP contribution in [0.1, 0.15) is 18.9 Å². The van der Waals surface area contributed by atoms with Crippen molar-refractivity contribution in [3.63, 3.8) is 0 Å². The predicted molar refractivity (Wildman–Crippen MR) is 74.6 cm³/mol. The molecule has 19 heavy (non-hydrogen) atoms. The van der Waals surface area contributed by atoms with Gasteiger partial charge in [0.05, 0.1) is 12.7 Å². The molecule has 0 amide bonds. The van der Waals surface area contributed by atoms with E-state index in [1.165, 1.54) is 12.1 Å². The van der Waals surface area contributed by atoms with Gasteiger partial charge >= 0.3 is 0 Å². The minimum absolute atomic E-state index is 0.0369. The molecule has 1 saturated heterocycles. The van der Waals surface area contributed by atoms with Crippen LogP contribution in [-0.2, 0) is 11.2 Å². The second kappa shape index (κ2) is 6.98. The van der Waals surface area contributed by atoms with Crippen molar-refractivity contribution in [3.8, 4) is 0 Å². The molecule has 2 unspecified atom stereocenters. The molecular weight excluding hydrogens is 243 g/mol. The van der Waals surface area contributed by atoms with E-state index in [1.54, 1.807) is 12.1 Å². The Hall–Kier alpha value is -0.970. The first kappa shape index (κ1) is 14.4. The highest BCUT2D eigenvalue weighted by molar-refractivity contribution is 5.17. The summed E-state index contributed by atoms with van der Waals surface area (Å²) in [6.07, 6.45) is 1.95. The monoisotopic (exact) mass is 266 g/mol. The van der Waals surface area contributed by atoms with E-state index in [-0.39, 0.29) is 18.0 Å². The van der Waals surface area contributed by atoms with Crippen LogP contribution in [0, 0.1) is 5.82 Å². The quantitative estimate of drug-likeness (QED) is 0.883. The van der Waals surface area contributed by atoms with Crippen LogP contribution in [0.2, 0.25) is 0 Å². The number of nitrogens with zero attached hydrogens (tertiary/aromatic N) is 1. The zero-order valence-corrected chi connectivity index (χ0v) is 11.5. The Morgan fingerprint density at radius 1 is 1.42 bits per heavy atom. The molecule has 0 aliphatic carbocycles. The number of hydrogen-bond acceptors (Lipinski definition) is 3. The maximum Gasteiger partial charge on any atom is 0.123 e. The van der Waals surface area contributed by atoms with Crippen LogP contribution >= 0.6 is 0 Å². The normalized spacial score (nSPS) is 22.4. The maximum absolute atomic E-state index is 12.9. The van der Waals surface area contributed by atoms with Crippen molar-refractivity contribution in [3.05, 3.63) is 35.6 Å². The summed E-state index contributed by atoms with van der Waals surface area (Å²) in [5.74, 6) is -0.208. The van der Waals surface area contributed by atoms with Crippen LogP contribution in [0.5, 0.6) is 0 Å². The van der Waals surface area contributed by atoms with Gasteiger partial charge in [0.1, 0.15) is 5.82 Å². The fourth-order valence-electron chi connectivity index (χ4n) is 2.53. The van der Waals surface area contributed by atoms with Crippen LogP contribution in [0.3, 0.4) is 0 Å². The van der Waals surface area contributed by atoms with E-state index >= 15 is 0 Å². The first-order chi connectivity index (χ1) is 9.19. The molecule has 1 aliphatic rings. The molecule has 0 saturated carbocycles. The summed E-state index contributed by atoms with van der Waals surface area (Å²) in [6.45, 7) is 5.93. The molecule has 1 aromatic rings. The second-order valence-corrected chi connectivity index (χ2v) is 5.20. The van der Waals surface area contributed by atoms with Gasteiger partial charge in [-0.1, -0.05) is 19.1 Å². The molecule has 1 fully saturated rings. The van der Waals surface area contributed by atoms with Crippen LogP contribution < -0.4 is 5.73 Å². The largest absolute Gasteiger partial charge is 0.374 e. The number of ether oxygens (including phenoxy) is 1. The molecule has 0 aromatic heterocycles. The highest BCUT2D eigenvalue weighted by atomic mass is 19.1. The Kier molecular flexibility index (Phi) is 5.31. The van der Waals surface area contributed by atoms with E-state index in [2.05, 4.69) is 11.8 Å². The molecule has 106 valence electrons. The maximum atomic E-state index is 12.9. The topological polar surface area (TPSA) is 38.5 Å². The average Bonchev–Trinajstić information content (AvgIpc) is 2.42. The summed E-state index contributed by atoms with van der Waals surface area (Å²) >= 11 is 0. The lowest BCUT2D eigenvalue weighted by Crippen LogP contribution is -2.51. The molecule has 1 aromatic carbocycles. The minimum Gasteiger partial charge on any atom is -0.374 e. The molecule has 1 aliphatic heterocycles. The Labute approximate surface area is 114 Å². The second-order valence-electron chi connectivity index (χ2n) is 5.20. The molecule has 2 rings (SSSR count). The number of nitrogens with two attached hydrogens (primary N) is 1. The van der Waals surface area contributed by atoms with E-state index in [0.29, 0.717) is 0 Å². The Balaban J connectivity index is 1.88. The van der Waals surface area contributed by atoms with E-state index in [1.807, 2.05) is 0 Å². The minimum atomic E-state index is -0.208. The van der Waals surface area contributed by atoms with Gasteiger partial charge < -0.3 is 10.5 Å². The van der Waals surface area contributed by atoms with Gasteiger partial charge in [-0.3, -0.25) is 4.90 Å². The lowest BCUT2D eigenvalue weighted by atomic mass is 10.0. The summed E-state index contributed by atoms with van der Waals surface area (Å²) in [5, 5.41) is 0. The van der Waals surface area contributed by atoms with E-state index < -0.39 is 0 Å². The number of halogens is 1. The van der Waals surface area contributed by atoms with E-state index in [9.17, 15) is 4.39 Å². The highest BCUT2D eigenvalue weighted by Crippen LogP contribution is 2.13. The van der Waals surface area contributed by atoms with Gasteiger partial charge in [-0.25, -0.2) is 4.39 Å². The van der Waals surface area contributed by atoms with Gasteiger partial charge in [0.25, 0.3) is 0 Å². The fourth-order valence-corrected chi connectivity index (χ4v) is 2.53. The van der Waals surface area contributed by atoms with Crippen LogP contribution in [0.15, 0.2) is 24.3 Å². The standard InChI is InChI=1S/C15H23FN2O/c1-2-7-18-8-9-19-15(11-18)14(17)10-12-3-5-13(16)6-4-12/h3-6,14-15H,2,7-11,17H2,1H3. The van der Waals surface area contributed by atoms with Gasteiger partial charge in [-0.15, -0.1) is 0 Å². The number of morpholine rings is 1. The number of rotatable bonds is 5. The van der Waals surface area contributed by atoms with Crippen molar-refractivity contribution in [2.24, 2.45) is 5.73 Å². The molecule has 1 heterocycles. The summed E-state index contributed by atoms with van der Waals surface area (Å²) < 4.78 is 18.6. The molecule has 2 N–H and O–H groups in total. The molecule has 0 bridgehead atoms. The fraction of sp³-hybridized carbons (Fsp3) is 0.600. The van der Waals surface area contributed by atoms with Crippen LogP contribution in [0.25, 0.3) is 0 Å².